The van der Waals surface area contributed by atoms with Crippen LogP contribution in [0.1, 0.15) is 28.2 Å². The topological polar surface area (TPSA) is 58.4 Å². The molecule has 0 aliphatic carbocycles. The fraction of sp³-hybridized carbons (Fsp3) is 0.296. The quantitative estimate of drug-likeness (QED) is 0.191. The number of rotatable bonds is 10. The van der Waals surface area contributed by atoms with E-state index in [-0.39, 0.29) is 11.5 Å². The van der Waals surface area contributed by atoms with E-state index >= 15 is 0 Å². The smallest absolute Gasteiger partial charge is 0.263 e. The fourth-order valence-corrected chi connectivity index (χ4v) is 6.48. The maximum absolute atomic E-state index is 13.6. The van der Waals surface area contributed by atoms with Gasteiger partial charge in [0, 0.05) is 36.1 Å². The third-order valence-corrected chi connectivity index (χ3v) is 9.87. The number of carbonyl (C=O) groups is 1. The number of carbonyl (C=O) groups excluding carboxylic acids is 1. The molecule has 0 spiro atoms. The minimum atomic E-state index is -0.0620. The van der Waals surface area contributed by atoms with E-state index in [1.807, 2.05) is 73.6 Å². The Morgan fingerprint density at radius 3 is 2.35 bits per heavy atom. The Bertz CT molecular complexity index is 1440. The first-order chi connectivity index (χ1) is 17.7. The summed E-state index contributed by atoms with van der Waals surface area (Å²) in [6.45, 7) is 2.40. The number of amides is 1. The summed E-state index contributed by atoms with van der Waals surface area (Å²) in [5.74, 6) is 0.733. The second-order valence-corrected chi connectivity index (χ2v) is 13.0. The van der Waals surface area contributed by atoms with Crippen LogP contribution >= 0.6 is 59.1 Å². The number of hydrogen-bond donors (Lipinski definition) is 0. The number of fused-ring (bicyclic) bond motifs is 1. The van der Waals surface area contributed by atoms with Gasteiger partial charge in [-0.25, -0.2) is 4.98 Å². The molecule has 4 rings (SSSR count). The van der Waals surface area contributed by atoms with Gasteiger partial charge in [0.05, 0.1) is 20.2 Å². The number of likely N-dealkylation sites (N-methyl/N-ethyl adjacent to an activating group) is 1. The molecule has 0 saturated heterocycles. The van der Waals surface area contributed by atoms with Crippen LogP contribution in [0, 0.1) is 0 Å². The Kier molecular flexibility index (Phi) is 9.74. The molecule has 0 saturated carbocycles. The highest BCUT2D eigenvalue weighted by atomic mass is 79.9. The Hall–Kier alpha value is -1.85. The number of thiophene rings is 1. The molecule has 1 amide bonds. The number of nitrogens with zero attached hydrogens (tertiary/aromatic N) is 4. The number of aromatic nitrogens is 2. The van der Waals surface area contributed by atoms with Gasteiger partial charge in [-0.3, -0.25) is 14.2 Å². The fourth-order valence-electron chi connectivity index (χ4n) is 4.03. The molecule has 0 aliphatic heterocycles. The highest BCUT2D eigenvalue weighted by Gasteiger charge is 2.20. The minimum absolute atomic E-state index is 0.00514. The van der Waals surface area contributed by atoms with Gasteiger partial charge in [-0.15, -0.1) is 11.3 Å². The van der Waals surface area contributed by atoms with Crippen LogP contribution < -0.4 is 5.56 Å². The molecule has 2 aromatic heterocycles. The molecule has 194 valence electrons. The lowest BCUT2D eigenvalue weighted by Crippen LogP contribution is -2.37. The van der Waals surface area contributed by atoms with Gasteiger partial charge in [-0.05, 0) is 82.2 Å². The summed E-state index contributed by atoms with van der Waals surface area (Å²) in [7, 11) is 4.00. The normalized spacial score (nSPS) is 11.4. The zero-order valence-electron chi connectivity index (χ0n) is 20.6. The van der Waals surface area contributed by atoms with Crippen LogP contribution in [0.4, 0.5) is 0 Å². The molecule has 37 heavy (non-hydrogen) atoms. The second kappa shape index (κ2) is 12.8. The predicted molar refractivity (Wildman–Crippen MR) is 162 cm³/mol. The Balaban J connectivity index is 1.59. The molecule has 4 aromatic rings. The van der Waals surface area contributed by atoms with Gasteiger partial charge in [0.2, 0.25) is 0 Å². The summed E-state index contributed by atoms with van der Waals surface area (Å²) in [4.78, 5) is 36.5. The Morgan fingerprint density at radius 1 is 0.973 bits per heavy atom. The number of hydrogen-bond acceptors (Lipinski definition) is 5. The van der Waals surface area contributed by atoms with Gasteiger partial charge >= 0.3 is 0 Å². The maximum atomic E-state index is 13.6. The molecule has 0 radical (unpaired) electrons. The summed E-state index contributed by atoms with van der Waals surface area (Å²) in [6, 6.07) is 17.4. The largest absolute Gasteiger partial charge is 0.337 e. The molecule has 0 unspecified atom stereocenters. The summed E-state index contributed by atoms with van der Waals surface area (Å²) < 4.78 is 4.30. The third kappa shape index (κ3) is 6.97. The van der Waals surface area contributed by atoms with Crippen LogP contribution in [-0.4, -0.2) is 59.0 Å². The van der Waals surface area contributed by atoms with E-state index in [0.717, 1.165) is 30.7 Å². The highest BCUT2D eigenvalue weighted by Crippen LogP contribution is 2.36. The van der Waals surface area contributed by atoms with E-state index < -0.39 is 0 Å². The molecule has 0 aliphatic rings. The summed E-state index contributed by atoms with van der Waals surface area (Å²) >= 11 is 12.0. The highest BCUT2D eigenvalue weighted by molar-refractivity contribution is 9.13. The average Bonchev–Trinajstić information content (AvgIpc) is 3.17. The van der Waals surface area contributed by atoms with Crippen molar-refractivity contribution in [2.45, 2.75) is 19.4 Å². The van der Waals surface area contributed by atoms with Crippen LogP contribution in [0.15, 0.2) is 72.1 Å². The van der Waals surface area contributed by atoms with Gasteiger partial charge in [0.1, 0.15) is 10.7 Å². The minimum Gasteiger partial charge on any atom is -0.337 e. The van der Waals surface area contributed by atoms with Crippen LogP contribution in [0.25, 0.3) is 10.2 Å². The van der Waals surface area contributed by atoms with Crippen LogP contribution in [0.5, 0.6) is 0 Å². The van der Waals surface area contributed by atoms with Crippen molar-refractivity contribution in [1.82, 2.24) is 19.4 Å². The third-order valence-electron chi connectivity index (χ3n) is 6.00. The van der Waals surface area contributed by atoms with E-state index in [2.05, 4.69) is 52.7 Å². The molecule has 0 fully saturated rings. The molecule has 6 nitrogen and oxygen atoms in total. The molecule has 2 aromatic carbocycles. The summed E-state index contributed by atoms with van der Waals surface area (Å²) in [6.07, 6.45) is 1.27. The predicted octanol–water partition coefficient (Wildman–Crippen LogP) is 6.43. The van der Waals surface area contributed by atoms with Gasteiger partial charge in [-0.1, -0.05) is 46.3 Å². The summed E-state index contributed by atoms with van der Waals surface area (Å²) in [5, 5.41) is 0.592. The SMILES string of the molecule is CN(C)CCN(CCCc1nc2sc(Br)c(Br)c2c(=O)n1Cc1ccccc1)C(=O)c1ccc(Br)cc1. The van der Waals surface area contributed by atoms with E-state index in [1.54, 1.807) is 4.57 Å². The number of halogens is 3. The van der Waals surface area contributed by atoms with E-state index in [0.29, 0.717) is 48.3 Å². The lowest BCUT2D eigenvalue weighted by Gasteiger charge is -2.25. The molecular weight excluding hydrogens is 684 g/mol. The standard InChI is InChI=1S/C27H27Br3N4O2S/c1-32(2)15-16-33(26(35)19-10-12-20(28)13-11-19)14-6-9-21-31-25-22(23(29)24(30)37-25)27(36)34(21)17-18-7-4-3-5-8-18/h3-5,7-8,10-13H,6,9,14-17H2,1-2H3. The van der Waals surface area contributed by atoms with E-state index in [9.17, 15) is 9.59 Å². The Labute approximate surface area is 245 Å². The van der Waals surface area contributed by atoms with Gasteiger partial charge in [-0.2, -0.15) is 0 Å². The van der Waals surface area contributed by atoms with E-state index in [4.69, 9.17) is 4.98 Å². The first-order valence-corrected chi connectivity index (χ1v) is 15.0. The van der Waals surface area contributed by atoms with Crippen molar-refractivity contribution in [3.8, 4) is 0 Å². The molecule has 0 bridgehead atoms. The first kappa shape index (κ1) is 28.2. The van der Waals surface area contributed by atoms with Crippen molar-refractivity contribution in [2.24, 2.45) is 0 Å². The van der Waals surface area contributed by atoms with Crippen LogP contribution in [-0.2, 0) is 13.0 Å². The first-order valence-electron chi connectivity index (χ1n) is 11.8. The van der Waals surface area contributed by atoms with Crippen molar-refractivity contribution in [1.29, 1.82) is 0 Å². The molecule has 10 heteroatoms. The number of aryl methyl sites for hydroxylation is 1. The van der Waals surface area contributed by atoms with Crippen LogP contribution in [0.3, 0.4) is 0 Å². The second-order valence-electron chi connectivity index (χ2n) is 8.98. The zero-order valence-corrected chi connectivity index (χ0v) is 26.2. The van der Waals surface area contributed by atoms with Gasteiger partial charge in [0.25, 0.3) is 11.5 Å². The van der Waals surface area contributed by atoms with Gasteiger partial charge in [0.15, 0.2) is 0 Å². The molecule has 0 N–H and O–H groups in total. The van der Waals surface area contributed by atoms with E-state index in [1.165, 1.54) is 11.3 Å². The lowest BCUT2D eigenvalue weighted by molar-refractivity contribution is 0.0742. The molecule has 0 atom stereocenters. The molecular formula is C27H27Br3N4O2S. The number of benzene rings is 2. The van der Waals surface area contributed by atoms with Crippen molar-refractivity contribution >= 4 is 75.3 Å². The summed E-state index contributed by atoms with van der Waals surface area (Å²) in [5.41, 5.74) is 1.64. The van der Waals surface area contributed by atoms with Gasteiger partial charge < -0.3 is 9.80 Å². The Morgan fingerprint density at radius 2 is 1.68 bits per heavy atom. The molecule has 2 heterocycles. The van der Waals surface area contributed by atoms with Crippen molar-refractivity contribution in [3.63, 3.8) is 0 Å². The monoisotopic (exact) mass is 708 g/mol. The average molecular weight is 711 g/mol. The lowest BCUT2D eigenvalue weighted by atomic mass is 10.1. The van der Waals surface area contributed by atoms with Crippen LogP contribution in [0.2, 0.25) is 0 Å². The van der Waals surface area contributed by atoms with Crippen molar-refractivity contribution in [2.75, 3.05) is 33.7 Å². The zero-order chi connectivity index (χ0) is 26.5. The maximum Gasteiger partial charge on any atom is 0.263 e. The van der Waals surface area contributed by atoms with Crippen molar-refractivity contribution < 1.29 is 4.79 Å². The van der Waals surface area contributed by atoms with Crippen molar-refractivity contribution in [3.05, 3.63) is 94.6 Å².